The number of rotatable bonds is 3. The van der Waals surface area contributed by atoms with Crippen molar-refractivity contribution in [2.75, 3.05) is 0 Å². The summed E-state index contributed by atoms with van der Waals surface area (Å²) in [6.07, 6.45) is -1.08. The minimum atomic E-state index is -0.716. The SMILES string of the molecule is C[C@H]1OC(=O)N[C@H]1C(=O)OCc1ccccc1. The highest BCUT2D eigenvalue weighted by atomic mass is 16.6. The second-order valence-corrected chi connectivity index (χ2v) is 3.83. The number of carbonyl (C=O) groups excluding carboxylic acids is 2. The molecule has 1 aliphatic rings. The minimum Gasteiger partial charge on any atom is -0.459 e. The second kappa shape index (κ2) is 4.86. The van der Waals surface area contributed by atoms with Crippen molar-refractivity contribution in [2.24, 2.45) is 0 Å². The average molecular weight is 235 g/mol. The number of hydrogen-bond donors (Lipinski definition) is 1. The number of alkyl carbamates (subject to hydrolysis) is 1. The van der Waals surface area contributed by atoms with Gasteiger partial charge in [-0.05, 0) is 12.5 Å². The summed E-state index contributed by atoms with van der Waals surface area (Å²) in [4.78, 5) is 22.6. The third-order valence-electron chi connectivity index (χ3n) is 2.51. The van der Waals surface area contributed by atoms with Gasteiger partial charge in [0.2, 0.25) is 0 Å². The highest BCUT2D eigenvalue weighted by molar-refractivity contribution is 5.84. The summed E-state index contributed by atoms with van der Waals surface area (Å²) < 4.78 is 9.89. The van der Waals surface area contributed by atoms with E-state index in [-0.39, 0.29) is 6.61 Å². The van der Waals surface area contributed by atoms with Crippen LogP contribution in [-0.2, 0) is 20.9 Å². The first kappa shape index (κ1) is 11.4. The lowest BCUT2D eigenvalue weighted by atomic mass is 10.2. The van der Waals surface area contributed by atoms with Gasteiger partial charge in [0.1, 0.15) is 12.7 Å². The summed E-state index contributed by atoms with van der Waals surface area (Å²) in [5, 5.41) is 2.40. The first-order valence-electron chi connectivity index (χ1n) is 5.34. The van der Waals surface area contributed by atoms with Crippen molar-refractivity contribution in [3.05, 3.63) is 35.9 Å². The van der Waals surface area contributed by atoms with E-state index in [9.17, 15) is 9.59 Å². The topological polar surface area (TPSA) is 64.6 Å². The van der Waals surface area contributed by atoms with E-state index in [1.165, 1.54) is 0 Å². The smallest absolute Gasteiger partial charge is 0.408 e. The van der Waals surface area contributed by atoms with E-state index in [1.54, 1.807) is 6.92 Å². The van der Waals surface area contributed by atoms with Crippen LogP contribution in [0.15, 0.2) is 30.3 Å². The van der Waals surface area contributed by atoms with Gasteiger partial charge in [-0.2, -0.15) is 0 Å². The Morgan fingerprint density at radius 1 is 1.41 bits per heavy atom. The Morgan fingerprint density at radius 3 is 2.71 bits per heavy atom. The van der Waals surface area contributed by atoms with Crippen LogP contribution in [0, 0.1) is 0 Å². The maximum Gasteiger partial charge on any atom is 0.408 e. The molecule has 1 aliphatic heterocycles. The Kier molecular flexibility index (Phi) is 3.27. The molecule has 1 N–H and O–H groups in total. The highest BCUT2D eigenvalue weighted by Gasteiger charge is 2.37. The molecule has 0 spiro atoms. The Labute approximate surface area is 98.7 Å². The third kappa shape index (κ3) is 2.75. The van der Waals surface area contributed by atoms with E-state index in [0.29, 0.717) is 0 Å². The summed E-state index contributed by atoms with van der Waals surface area (Å²) in [5.74, 6) is -0.479. The molecule has 0 unspecified atom stereocenters. The molecule has 5 nitrogen and oxygen atoms in total. The lowest BCUT2D eigenvalue weighted by molar-refractivity contribution is -0.148. The lowest BCUT2D eigenvalue weighted by Gasteiger charge is -2.11. The number of nitrogens with one attached hydrogen (secondary N) is 1. The van der Waals surface area contributed by atoms with Crippen molar-refractivity contribution in [2.45, 2.75) is 25.7 Å². The van der Waals surface area contributed by atoms with Crippen LogP contribution >= 0.6 is 0 Å². The van der Waals surface area contributed by atoms with E-state index < -0.39 is 24.2 Å². The number of esters is 1. The van der Waals surface area contributed by atoms with Crippen molar-refractivity contribution < 1.29 is 19.1 Å². The maximum absolute atomic E-state index is 11.7. The zero-order valence-electron chi connectivity index (χ0n) is 9.38. The van der Waals surface area contributed by atoms with Gasteiger partial charge in [-0.1, -0.05) is 30.3 Å². The highest BCUT2D eigenvalue weighted by Crippen LogP contribution is 2.10. The lowest BCUT2D eigenvalue weighted by Crippen LogP contribution is -2.39. The number of ether oxygens (including phenoxy) is 2. The largest absolute Gasteiger partial charge is 0.459 e. The quantitative estimate of drug-likeness (QED) is 0.800. The molecular weight excluding hydrogens is 222 g/mol. The van der Waals surface area contributed by atoms with Crippen molar-refractivity contribution in [1.82, 2.24) is 5.32 Å². The fourth-order valence-corrected chi connectivity index (χ4v) is 1.58. The molecule has 1 fully saturated rings. The fourth-order valence-electron chi connectivity index (χ4n) is 1.58. The molecule has 17 heavy (non-hydrogen) atoms. The Morgan fingerprint density at radius 2 is 2.12 bits per heavy atom. The van der Waals surface area contributed by atoms with Gasteiger partial charge in [-0.3, -0.25) is 0 Å². The number of benzene rings is 1. The Bertz CT molecular complexity index is 418. The molecule has 5 heteroatoms. The summed E-state index contributed by atoms with van der Waals surface area (Å²) >= 11 is 0. The summed E-state index contributed by atoms with van der Waals surface area (Å²) in [6, 6.07) is 8.63. The van der Waals surface area contributed by atoms with Crippen LogP contribution in [0.5, 0.6) is 0 Å². The average Bonchev–Trinajstić information content (AvgIpc) is 2.67. The predicted molar refractivity (Wildman–Crippen MR) is 59.1 cm³/mol. The predicted octanol–water partition coefficient (Wildman–Crippen LogP) is 1.23. The number of cyclic esters (lactones) is 1. The van der Waals surface area contributed by atoms with Crippen LogP contribution in [0.4, 0.5) is 4.79 Å². The number of amides is 1. The van der Waals surface area contributed by atoms with Crippen molar-refractivity contribution in [3.8, 4) is 0 Å². The van der Waals surface area contributed by atoms with Gasteiger partial charge in [0.15, 0.2) is 6.04 Å². The molecule has 2 rings (SSSR count). The molecule has 1 amide bonds. The van der Waals surface area contributed by atoms with Crippen molar-refractivity contribution in [1.29, 1.82) is 0 Å². The molecule has 1 aromatic carbocycles. The van der Waals surface area contributed by atoms with Gasteiger partial charge in [-0.15, -0.1) is 0 Å². The van der Waals surface area contributed by atoms with Crippen molar-refractivity contribution in [3.63, 3.8) is 0 Å². The van der Waals surface area contributed by atoms with Gasteiger partial charge >= 0.3 is 12.1 Å². The van der Waals surface area contributed by atoms with Gasteiger partial charge in [-0.25, -0.2) is 9.59 Å². The molecule has 0 aromatic heterocycles. The summed E-state index contributed by atoms with van der Waals surface area (Å²) in [7, 11) is 0. The van der Waals surface area contributed by atoms with E-state index >= 15 is 0 Å². The van der Waals surface area contributed by atoms with Crippen LogP contribution in [-0.4, -0.2) is 24.2 Å². The second-order valence-electron chi connectivity index (χ2n) is 3.83. The van der Waals surface area contributed by atoms with Gasteiger partial charge in [0.25, 0.3) is 0 Å². The first-order chi connectivity index (χ1) is 8.16. The van der Waals surface area contributed by atoms with E-state index in [1.807, 2.05) is 30.3 Å². The van der Waals surface area contributed by atoms with Crippen LogP contribution in [0.1, 0.15) is 12.5 Å². The van der Waals surface area contributed by atoms with E-state index in [4.69, 9.17) is 9.47 Å². The van der Waals surface area contributed by atoms with Crippen LogP contribution in [0.25, 0.3) is 0 Å². The van der Waals surface area contributed by atoms with E-state index in [2.05, 4.69) is 5.32 Å². The van der Waals surface area contributed by atoms with E-state index in [0.717, 1.165) is 5.56 Å². The fraction of sp³-hybridized carbons (Fsp3) is 0.333. The Balaban J connectivity index is 1.88. The first-order valence-corrected chi connectivity index (χ1v) is 5.34. The molecule has 1 saturated heterocycles. The standard InChI is InChI=1S/C12H13NO4/c1-8-10(13-12(15)17-8)11(14)16-7-9-5-3-2-4-6-9/h2-6,8,10H,7H2,1H3,(H,13,15)/t8-,10-/m1/s1. The zero-order chi connectivity index (χ0) is 12.3. The molecule has 2 atom stereocenters. The van der Waals surface area contributed by atoms with Crippen LogP contribution in [0.2, 0.25) is 0 Å². The van der Waals surface area contributed by atoms with Gasteiger partial charge in [0, 0.05) is 0 Å². The molecule has 1 heterocycles. The maximum atomic E-state index is 11.7. The van der Waals surface area contributed by atoms with Crippen LogP contribution in [0.3, 0.4) is 0 Å². The molecule has 0 radical (unpaired) electrons. The van der Waals surface area contributed by atoms with Crippen LogP contribution < -0.4 is 5.32 Å². The molecule has 0 bridgehead atoms. The van der Waals surface area contributed by atoms with Crippen molar-refractivity contribution >= 4 is 12.1 Å². The third-order valence-corrected chi connectivity index (χ3v) is 2.51. The molecule has 0 aliphatic carbocycles. The number of carbonyl (C=O) groups is 2. The molecular formula is C12H13NO4. The zero-order valence-corrected chi connectivity index (χ0v) is 9.38. The molecule has 1 aromatic rings. The molecule has 0 saturated carbocycles. The Hall–Kier alpha value is -2.04. The monoisotopic (exact) mass is 235 g/mol. The summed E-state index contributed by atoms with van der Waals surface area (Å²) in [5.41, 5.74) is 0.902. The number of hydrogen-bond acceptors (Lipinski definition) is 4. The summed E-state index contributed by atoms with van der Waals surface area (Å²) in [6.45, 7) is 1.84. The van der Waals surface area contributed by atoms with Gasteiger partial charge in [0.05, 0.1) is 0 Å². The normalized spacial score (nSPS) is 22.8. The van der Waals surface area contributed by atoms with Gasteiger partial charge < -0.3 is 14.8 Å². The minimum absolute atomic E-state index is 0.193. The molecule has 90 valence electrons.